The Morgan fingerprint density at radius 2 is 1.00 bits per heavy atom. The molecule has 2 heterocycles. The standard InChI is InChI=1S/C14H14N2O8/c17-9-5-6-10(18)15(9)23-13(21)3-1-2-4-14(22)24-16-11(19)7-8-12(16)20/h1-2H,3-8H2/b2-1+. The molecule has 0 aromatic heterocycles. The van der Waals surface area contributed by atoms with Crippen molar-refractivity contribution in [3.05, 3.63) is 12.2 Å². The van der Waals surface area contributed by atoms with E-state index in [0.717, 1.165) is 0 Å². The lowest BCUT2D eigenvalue weighted by Crippen LogP contribution is -2.32. The number of nitrogens with zero attached hydrogens (tertiary/aromatic N) is 2. The van der Waals surface area contributed by atoms with Gasteiger partial charge in [0.05, 0.1) is 12.8 Å². The highest BCUT2D eigenvalue weighted by atomic mass is 16.7. The summed E-state index contributed by atoms with van der Waals surface area (Å²) in [4.78, 5) is 77.1. The molecule has 0 aromatic rings. The molecule has 0 radical (unpaired) electrons. The van der Waals surface area contributed by atoms with Crippen LogP contribution in [-0.2, 0) is 38.4 Å². The summed E-state index contributed by atoms with van der Waals surface area (Å²) in [6, 6.07) is 0. The Kier molecular flexibility index (Phi) is 5.40. The van der Waals surface area contributed by atoms with Gasteiger partial charge in [0.25, 0.3) is 23.6 Å². The largest absolute Gasteiger partial charge is 0.336 e. The van der Waals surface area contributed by atoms with Crippen LogP contribution in [0.25, 0.3) is 0 Å². The lowest BCUT2D eigenvalue weighted by molar-refractivity contribution is -0.197. The number of hydroxylamine groups is 4. The third-order valence-corrected chi connectivity index (χ3v) is 3.13. The van der Waals surface area contributed by atoms with Crippen molar-refractivity contribution in [1.29, 1.82) is 0 Å². The average Bonchev–Trinajstić information content (AvgIpc) is 3.01. The zero-order chi connectivity index (χ0) is 17.7. The fraction of sp³-hybridized carbons (Fsp3) is 0.429. The van der Waals surface area contributed by atoms with Crippen molar-refractivity contribution in [2.45, 2.75) is 38.5 Å². The van der Waals surface area contributed by atoms with E-state index in [4.69, 9.17) is 0 Å². The Morgan fingerprint density at radius 1 is 0.708 bits per heavy atom. The number of rotatable bonds is 6. The van der Waals surface area contributed by atoms with Crippen molar-refractivity contribution >= 4 is 35.6 Å². The summed E-state index contributed by atoms with van der Waals surface area (Å²) in [5, 5.41) is 0.851. The van der Waals surface area contributed by atoms with Crippen molar-refractivity contribution in [2.75, 3.05) is 0 Å². The van der Waals surface area contributed by atoms with Crippen LogP contribution in [0.4, 0.5) is 0 Å². The van der Waals surface area contributed by atoms with Gasteiger partial charge >= 0.3 is 11.9 Å². The highest BCUT2D eigenvalue weighted by Gasteiger charge is 2.33. The summed E-state index contributed by atoms with van der Waals surface area (Å²) in [5.74, 6) is -4.01. The minimum Gasteiger partial charge on any atom is -0.330 e. The molecule has 0 saturated carbocycles. The number of imide groups is 2. The molecule has 2 aliphatic heterocycles. The average molecular weight is 338 g/mol. The molecule has 2 aliphatic rings. The van der Waals surface area contributed by atoms with Gasteiger partial charge in [0.2, 0.25) is 0 Å². The molecule has 2 rings (SSSR count). The monoisotopic (exact) mass is 338 g/mol. The van der Waals surface area contributed by atoms with Gasteiger partial charge in [-0.25, -0.2) is 9.59 Å². The van der Waals surface area contributed by atoms with E-state index in [0.29, 0.717) is 10.1 Å². The van der Waals surface area contributed by atoms with E-state index >= 15 is 0 Å². The molecule has 0 spiro atoms. The van der Waals surface area contributed by atoms with Crippen molar-refractivity contribution in [2.24, 2.45) is 0 Å². The Balaban J connectivity index is 1.70. The Bertz CT molecular complexity index is 553. The Hall–Kier alpha value is -3.04. The highest BCUT2D eigenvalue weighted by molar-refractivity contribution is 6.02. The molecule has 0 atom stereocenters. The lowest BCUT2D eigenvalue weighted by Gasteiger charge is -2.12. The maximum absolute atomic E-state index is 11.5. The molecular formula is C14H14N2O8. The van der Waals surface area contributed by atoms with Gasteiger partial charge in [-0.15, -0.1) is 10.1 Å². The van der Waals surface area contributed by atoms with Gasteiger partial charge in [-0.2, -0.15) is 0 Å². The summed E-state index contributed by atoms with van der Waals surface area (Å²) in [7, 11) is 0. The lowest BCUT2D eigenvalue weighted by atomic mass is 10.3. The van der Waals surface area contributed by atoms with Gasteiger partial charge in [-0.3, -0.25) is 19.2 Å². The molecule has 0 aliphatic carbocycles. The minimum atomic E-state index is -0.840. The van der Waals surface area contributed by atoms with Crippen LogP contribution in [0.1, 0.15) is 38.5 Å². The van der Waals surface area contributed by atoms with Crippen LogP contribution < -0.4 is 0 Å². The molecule has 0 N–H and O–H groups in total. The second kappa shape index (κ2) is 7.49. The van der Waals surface area contributed by atoms with E-state index < -0.39 is 35.6 Å². The van der Waals surface area contributed by atoms with Gasteiger partial charge in [-0.05, 0) is 0 Å². The first kappa shape index (κ1) is 17.3. The van der Waals surface area contributed by atoms with E-state index in [1.807, 2.05) is 0 Å². The Labute approximate surface area is 135 Å². The van der Waals surface area contributed by atoms with E-state index in [1.54, 1.807) is 0 Å². The number of amides is 4. The van der Waals surface area contributed by atoms with Gasteiger partial charge in [0.1, 0.15) is 0 Å². The first-order valence-electron chi connectivity index (χ1n) is 7.16. The van der Waals surface area contributed by atoms with Crippen molar-refractivity contribution in [1.82, 2.24) is 10.1 Å². The summed E-state index contributed by atoms with van der Waals surface area (Å²) in [6.45, 7) is 0. The van der Waals surface area contributed by atoms with E-state index in [1.165, 1.54) is 12.2 Å². The van der Waals surface area contributed by atoms with Crippen LogP contribution >= 0.6 is 0 Å². The smallest absolute Gasteiger partial charge is 0.330 e. The van der Waals surface area contributed by atoms with Crippen LogP contribution in [-0.4, -0.2) is 45.7 Å². The van der Waals surface area contributed by atoms with Gasteiger partial charge in [-0.1, -0.05) is 12.2 Å². The quantitative estimate of drug-likeness (QED) is 0.470. The zero-order valence-electron chi connectivity index (χ0n) is 12.6. The van der Waals surface area contributed by atoms with Crippen molar-refractivity contribution in [3.63, 3.8) is 0 Å². The topological polar surface area (TPSA) is 127 Å². The highest BCUT2D eigenvalue weighted by Crippen LogP contribution is 2.13. The number of hydrogen-bond acceptors (Lipinski definition) is 8. The number of carbonyl (C=O) groups excluding carboxylic acids is 6. The Morgan fingerprint density at radius 3 is 1.29 bits per heavy atom. The molecule has 2 saturated heterocycles. The van der Waals surface area contributed by atoms with Gasteiger partial charge < -0.3 is 9.68 Å². The second-order valence-corrected chi connectivity index (χ2v) is 4.97. The third kappa shape index (κ3) is 4.24. The normalized spacial score (nSPS) is 18.0. The van der Waals surface area contributed by atoms with Crippen molar-refractivity contribution < 1.29 is 38.4 Å². The van der Waals surface area contributed by atoms with Crippen molar-refractivity contribution in [3.8, 4) is 0 Å². The summed E-state index contributed by atoms with van der Waals surface area (Å²) in [5.41, 5.74) is 0. The maximum atomic E-state index is 11.5. The number of hydrogen-bond donors (Lipinski definition) is 0. The molecule has 0 unspecified atom stereocenters. The predicted molar refractivity (Wildman–Crippen MR) is 72.7 cm³/mol. The molecule has 0 bridgehead atoms. The second-order valence-electron chi connectivity index (χ2n) is 4.97. The first-order valence-corrected chi connectivity index (χ1v) is 7.16. The first-order chi connectivity index (χ1) is 11.4. The summed E-state index contributed by atoms with van der Waals surface area (Å²) in [6.07, 6.45) is 2.02. The molecule has 10 nitrogen and oxygen atoms in total. The molecule has 0 aromatic carbocycles. The molecular weight excluding hydrogens is 324 g/mol. The fourth-order valence-corrected chi connectivity index (χ4v) is 1.95. The predicted octanol–water partition coefficient (Wildman–Crippen LogP) is -0.463. The van der Waals surface area contributed by atoms with Gasteiger partial charge in [0.15, 0.2) is 0 Å². The summed E-state index contributed by atoms with van der Waals surface area (Å²) >= 11 is 0. The fourth-order valence-electron chi connectivity index (χ4n) is 1.95. The third-order valence-electron chi connectivity index (χ3n) is 3.13. The molecule has 2 fully saturated rings. The SMILES string of the molecule is O=C(C/C=C/CC(=O)ON1C(=O)CCC1=O)ON1C(=O)CCC1=O. The maximum Gasteiger partial charge on any atom is 0.336 e. The van der Waals surface area contributed by atoms with Gasteiger partial charge in [0, 0.05) is 25.7 Å². The van der Waals surface area contributed by atoms with Crippen LogP contribution in [0.5, 0.6) is 0 Å². The molecule has 4 amide bonds. The zero-order valence-corrected chi connectivity index (χ0v) is 12.6. The van der Waals surface area contributed by atoms with E-state index in [9.17, 15) is 28.8 Å². The van der Waals surface area contributed by atoms with Crippen LogP contribution in [0.2, 0.25) is 0 Å². The number of carbonyl (C=O) groups is 6. The van der Waals surface area contributed by atoms with Crippen LogP contribution in [0.3, 0.4) is 0 Å². The minimum absolute atomic E-state index is 0.00172. The van der Waals surface area contributed by atoms with Crippen LogP contribution in [0.15, 0.2) is 12.2 Å². The van der Waals surface area contributed by atoms with E-state index in [2.05, 4.69) is 9.68 Å². The molecule has 10 heteroatoms. The van der Waals surface area contributed by atoms with E-state index in [-0.39, 0.29) is 38.5 Å². The molecule has 128 valence electrons. The summed E-state index contributed by atoms with van der Waals surface area (Å²) < 4.78 is 0. The van der Waals surface area contributed by atoms with Crippen LogP contribution in [0, 0.1) is 0 Å². The molecule has 24 heavy (non-hydrogen) atoms.